The fourth-order valence-corrected chi connectivity index (χ4v) is 3.36. The van der Waals surface area contributed by atoms with Gasteiger partial charge in [-0.15, -0.1) is 0 Å². The molecule has 104 valence electrons. The van der Waals surface area contributed by atoms with E-state index in [1.807, 2.05) is 18.2 Å². The number of benzene rings is 1. The van der Waals surface area contributed by atoms with Crippen LogP contribution in [0.4, 0.5) is 0 Å². The van der Waals surface area contributed by atoms with Gasteiger partial charge in [0.1, 0.15) is 13.2 Å². The van der Waals surface area contributed by atoms with E-state index in [0.717, 1.165) is 29.9 Å². The molecule has 1 fully saturated rings. The first-order chi connectivity index (χ1) is 9.11. The van der Waals surface area contributed by atoms with Gasteiger partial charge in [0.15, 0.2) is 11.5 Å². The SMILES string of the molecule is CC1CCCC(O)(c2ccc3c(c2)OCCO3)C1C. The molecule has 0 bridgehead atoms. The van der Waals surface area contributed by atoms with E-state index >= 15 is 0 Å². The van der Waals surface area contributed by atoms with E-state index in [1.54, 1.807) is 0 Å². The van der Waals surface area contributed by atoms with Crippen molar-refractivity contribution >= 4 is 0 Å². The normalized spacial score (nSPS) is 34.1. The van der Waals surface area contributed by atoms with E-state index < -0.39 is 5.60 Å². The van der Waals surface area contributed by atoms with E-state index in [9.17, 15) is 5.11 Å². The number of hydrogen-bond donors (Lipinski definition) is 1. The van der Waals surface area contributed by atoms with Gasteiger partial charge in [-0.3, -0.25) is 0 Å². The number of rotatable bonds is 1. The standard InChI is InChI=1S/C16H22O3/c1-11-4-3-7-16(17,12(11)2)13-5-6-14-15(10-13)19-9-8-18-14/h5-6,10-12,17H,3-4,7-9H2,1-2H3. The minimum absolute atomic E-state index is 0.267. The first kappa shape index (κ1) is 12.8. The molecule has 0 amide bonds. The predicted octanol–water partition coefficient (Wildman–Crippen LogP) is 3.10. The van der Waals surface area contributed by atoms with Crippen molar-refractivity contribution in [1.29, 1.82) is 0 Å². The Morgan fingerprint density at radius 2 is 1.89 bits per heavy atom. The van der Waals surface area contributed by atoms with E-state index in [4.69, 9.17) is 9.47 Å². The zero-order valence-corrected chi connectivity index (χ0v) is 11.7. The second-order valence-electron chi connectivity index (χ2n) is 5.94. The summed E-state index contributed by atoms with van der Waals surface area (Å²) >= 11 is 0. The first-order valence-corrected chi connectivity index (χ1v) is 7.24. The Labute approximate surface area is 114 Å². The monoisotopic (exact) mass is 262 g/mol. The summed E-state index contributed by atoms with van der Waals surface area (Å²) in [5, 5.41) is 11.1. The van der Waals surface area contributed by atoms with Crippen LogP contribution in [-0.2, 0) is 5.60 Å². The summed E-state index contributed by atoms with van der Waals surface area (Å²) in [5.41, 5.74) is 0.240. The van der Waals surface area contributed by atoms with Crippen molar-refractivity contribution in [3.05, 3.63) is 23.8 Å². The van der Waals surface area contributed by atoms with Gasteiger partial charge >= 0.3 is 0 Å². The van der Waals surface area contributed by atoms with Gasteiger partial charge in [0, 0.05) is 0 Å². The van der Waals surface area contributed by atoms with Crippen LogP contribution >= 0.6 is 0 Å². The lowest BCUT2D eigenvalue weighted by atomic mass is 9.67. The van der Waals surface area contributed by atoms with E-state index in [2.05, 4.69) is 13.8 Å². The van der Waals surface area contributed by atoms with Crippen molar-refractivity contribution in [2.45, 2.75) is 38.7 Å². The maximum atomic E-state index is 11.1. The number of fused-ring (bicyclic) bond motifs is 1. The highest BCUT2D eigenvalue weighted by molar-refractivity contribution is 5.45. The van der Waals surface area contributed by atoms with Gasteiger partial charge in [-0.2, -0.15) is 0 Å². The van der Waals surface area contributed by atoms with Crippen LogP contribution in [0.5, 0.6) is 11.5 Å². The molecule has 3 rings (SSSR count). The number of aliphatic hydroxyl groups is 1. The summed E-state index contributed by atoms with van der Waals surface area (Å²) in [6, 6.07) is 5.87. The third kappa shape index (κ3) is 2.10. The molecule has 3 nitrogen and oxygen atoms in total. The molecule has 1 heterocycles. The average Bonchev–Trinajstić information content (AvgIpc) is 2.44. The molecule has 0 aromatic heterocycles. The summed E-state index contributed by atoms with van der Waals surface area (Å²) in [7, 11) is 0. The molecule has 1 N–H and O–H groups in total. The fraction of sp³-hybridized carbons (Fsp3) is 0.625. The quantitative estimate of drug-likeness (QED) is 0.845. The van der Waals surface area contributed by atoms with Crippen LogP contribution < -0.4 is 9.47 Å². The molecule has 3 atom stereocenters. The molecule has 3 heteroatoms. The predicted molar refractivity (Wildman–Crippen MR) is 73.5 cm³/mol. The zero-order chi connectivity index (χ0) is 13.5. The minimum Gasteiger partial charge on any atom is -0.486 e. The third-order valence-electron chi connectivity index (χ3n) is 4.87. The Kier molecular flexibility index (Phi) is 3.17. The van der Waals surface area contributed by atoms with E-state index in [0.29, 0.717) is 19.1 Å². The molecule has 3 unspecified atom stereocenters. The summed E-state index contributed by atoms with van der Waals surface area (Å²) in [5.74, 6) is 2.37. The lowest BCUT2D eigenvalue weighted by molar-refractivity contribution is -0.0690. The van der Waals surface area contributed by atoms with Gasteiger partial charge in [0.25, 0.3) is 0 Å². The number of hydrogen-bond acceptors (Lipinski definition) is 3. The lowest BCUT2D eigenvalue weighted by Gasteiger charge is -2.42. The molecule has 1 aliphatic carbocycles. The van der Waals surface area contributed by atoms with Crippen molar-refractivity contribution in [2.75, 3.05) is 13.2 Å². The summed E-state index contributed by atoms with van der Waals surface area (Å²) in [6.07, 6.45) is 3.11. The molecule has 0 radical (unpaired) electrons. The zero-order valence-electron chi connectivity index (χ0n) is 11.7. The van der Waals surface area contributed by atoms with Gasteiger partial charge in [0.2, 0.25) is 0 Å². The first-order valence-electron chi connectivity index (χ1n) is 7.24. The van der Waals surface area contributed by atoms with Crippen molar-refractivity contribution < 1.29 is 14.6 Å². The third-order valence-corrected chi connectivity index (χ3v) is 4.87. The Morgan fingerprint density at radius 3 is 2.68 bits per heavy atom. The smallest absolute Gasteiger partial charge is 0.161 e. The highest BCUT2D eigenvalue weighted by Crippen LogP contribution is 2.46. The maximum absolute atomic E-state index is 11.1. The number of ether oxygens (including phenoxy) is 2. The molecule has 1 aliphatic heterocycles. The average molecular weight is 262 g/mol. The largest absolute Gasteiger partial charge is 0.486 e. The fourth-order valence-electron chi connectivity index (χ4n) is 3.36. The highest BCUT2D eigenvalue weighted by atomic mass is 16.6. The summed E-state index contributed by atoms with van der Waals surface area (Å²) in [6.45, 7) is 5.57. The molecular formula is C16H22O3. The molecule has 1 aromatic rings. The van der Waals surface area contributed by atoms with Gasteiger partial charge in [-0.05, 0) is 42.4 Å². The Hall–Kier alpha value is -1.22. The highest BCUT2D eigenvalue weighted by Gasteiger charge is 2.41. The Morgan fingerprint density at radius 1 is 1.16 bits per heavy atom. The van der Waals surface area contributed by atoms with Crippen LogP contribution in [0.1, 0.15) is 38.7 Å². The van der Waals surface area contributed by atoms with Crippen molar-refractivity contribution in [3.63, 3.8) is 0 Å². The van der Waals surface area contributed by atoms with Crippen molar-refractivity contribution in [1.82, 2.24) is 0 Å². The molecular weight excluding hydrogens is 240 g/mol. The molecule has 0 saturated heterocycles. The van der Waals surface area contributed by atoms with E-state index in [1.165, 1.54) is 6.42 Å². The Balaban J connectivity index is 1.96. The molecule has 19 heavy (non-hydrogen) atoms. The van der Waals surface area contributed by atoms with Crippen LogP contribution in [-0.4, -0.2) is 18.3 Å². The second kappa shape index (κ2) is 4.71. The van der Waals surface area contributed by atoms with Crippen molar-refractivity contribution in [3.8, 4) is 11.5 Å². The van der Waals surface area contributed by atoms with Crippen molar-refractivity contribution in [2.24, 2.45) is 11.8 Å². The van der Waals surface area contributed by atoms with Crippen LogP contribution in [0.2, 0.25) is 0 Å². The molecule has 0 spiro atoms. The van der Waals surface area contributed by atoms with E-state index in [-0.39, 0.29) is 5.92 Å². The van der Waals surface area contributed by atoms with Crippen LogP contribution in [0, 0.1) is 11.8 Å². The Bertz CT molecular complexity index is 471. The minimum atomic E-state index is -0.729. The van der Waals surface area contributed by atoms with Gasteiger partial charge in [-0.25, -0.2) is 0 Å². The molecule has 1 saturated carbocycles. The van der Waals surface area contributed by atoms with Crippen LogP contribution in [0.15, 0.2) is 18.2 Å². The summed E-state index contributed by atoms with van der Waals surface area (Å²) < 4.78 is 11.2. The molecule has 2 aliphatic rings. The lowest BCUT2D eigenvalue weighted by Crippen LogP contribution is -2.40. The van der Waals surface area contributed by atoms with Gasteiger partial charge in [0.05, 0.1) is 5.60 Å². The van der Waals surface area contributed by atoms with Gasteiger partial charge < -0.3 is 14.6 Å². The molecule has 1 aromatic carbocycles. The second-order valence-corrected chi connectivity index (χ2v) is 5.94. The van der Waals surface area contributed by atoms with Crippen LogP contribution in [0.3, 0.4) is 0 Å². The van der Waals surface area contributed by atoms with Crippen LogP contribution in [0.25, 0.3) is 0 Å². The van der Waals surface area contributed by atoms with Gasteiger partial charge in [-0.1, -0.05) is 26.3 Å². The topological polar surface area (TPSA) is 38.7 Å². The maximum Gasteiger partial charge on any atom is 0.161 e. The summed E-state index contributed by atoms with van der Waals surface area (Å²) in [4.78, 5) is 0.